The average Bonchev–Trinajstić information content (AvgIpc) is 3.14. The van der Waals surface area contributed by atoms with Crippen molar-refractivity contribution in [2.45, 2.75) is 76.6 Å². The molecule has 0 amide bonds. The summed E-state index contributed by atoms with van der Waals surface area (Å²) in [6.45, 7) is 4.71. The number of aliphatic hydroxyl groups is 1. The minimum Gasteiger partial charge on any atom is -0.391 e. The van der Waals surface area contributed by atoms with Crippen molar-refractivity contribution in [1.29, 1.82) is 0 Å². The van der Waals surface area contributed by atoms with E-state index in [2.05, 4.69) is 15.2 Å². The van der Waals surface area contributed by atoms with Crippen LogP contribution in [-0.4, -0.2) is 45.1 Å². The van der Waals surface area contributed by atoms with Crippen LogP contribution < -0.4 is 15.8 Å². The van der Waals surface area contributed by atoms with Crippen LogP contribution >= 0.6 is 11.3 Å². The number of thiazole rings is 1. The van der Waals surface area contributed by atoms with Gasteiger partial charge < -0.3 is 15.3 Å². The zero-order chi connectivity index (χ0) is 20.2. The lowest BCUT2D eigenvalue weighted by molar-refractivity contribution is 0.0669. The van der Waals surface area contributed by atoms with Crippen molar-refractivity contribution in [3.05, 3.63) is 38.6 Å². The second kappa shape index (κ2) is 9.36. The molecule has 0 spiro atoms. The molecule has 7 nitrogen and oxygen atoms in total. The van der Waals surface area contributed by atoms with Gasteiger partial charge in [0.25, 0.3) is 5.56 Å². The lowest BCUT2D eigenvalue weighted by Crippen LogP contribution is -2.47. The summed E-state index contributed by atoms with van der Waals surface area (Å²) in [6.07, 6.45) is 6.60. The van der Waals surface area contributed by atoms with Crippen LogP contribution in [-0.2, 0) is 6.54 Å². The Morgan fingerprint density at radius 3 is 2.83 bits per heavy atom. The molecule has 2 aliphatic rings. The SMILES string of the molecule is Cc1ncsc1CNCC1CCCCN1c1ccc(=O)n(C2CCCCC2O)n1. The van der Waals surface area contributed by atoms with Crippen molar-refractivity contribution < 1.29 is 5.11 Å². The smallest absolute Gasteiger partial charge is 0.267 e. The fourth-order valence-corrected chi connectivity index (χ4v) is 5.29. The monoisotopic (exact) mass is 417 g/mol. The third-order valence-electron chi connectivity index (χ3n) is 6.25. The summed E-state index contributed by atoms with van der Waals surface area (Å²) in [5, 5.41) is 18.7. The van der Waals surface area contributed by atoms with E-state index in [1.165, 1.54) is 11.3 Å². The van der Waals surface area contributed by atoms with Crippen molar-refractivity contribution in [2.75, 3.05) is 18.0 Å². The molecule has 2 fully saturated rings. The van der Waals surface area contributed by atoms with E-state index in [0.29, 0.717) is 6.04 Å². The van der Waals surface area contributed by atoms with Gasteiger partial charge in [-0.05, 0) is 45.1 Å². The molecular weight excluding hydrogens is 386 g/mol. The number of aryl methyl sites for hydroxylation is 1. The fraction of sp³-hybridized carbons (Fsp3) is 0.667. The van der Waals surface area contributed by atoms with E-state index < -0.39 is 6.10 Å². The minimum atomic E-state index is -0.481. The first-order valence-corrected chi connectivity index (χ1v) is 11.7. The summed E-state index contributed by atoms with van der Waals surface area (Å²) in [6, 6.07) is 3.61. The molecule has 1 aliphatic carbocycles. The van der Waals surface area contributed by atoms with Crippen molar-refractivity contribution >= 4 is 17.2 Å². The molecule has 29 heavy (non-hydrogen) atoms. The van der Waals surface area contributed by atoms with Crippen molar-refractivity contribution in [2.24, 2.45) is 0 Å². The highest BCUT2D eigenvalue weighted by atomic mass is 32.1. The molecule has 1 saturated carbocycles. The molecule has 1 saturated heterocycles. The van der Waals surface area contributed by atoms with Crippen LogP contribution in [0.15, 0.2) is 22.4 Å². The molecule has 3 unspecified atom stereocenters. The van der Waals surface area contributed by atoms with Gasteiger partial charge in [0.05, 0.1) is 23.4 Å². The van der Waals surface area contributed by atoms with Gasteiger partial charge in [0.2, 0.25) is 0 Å². The number of nitrogens with zero attached hydrogens (tertiary/aromatic N) is 4. The van der Waals surface area contributed by atoms with Gasteiger partial charge in [-0.25, -0.2) is 9.67 Å². The van der Waals surface area contributed by atoms with Crippen LogP contribution in [0.25, 0.3) is 0 Å². The van der Waals surface area contributed by atoms with Crippen molar-refractivity contribution in [3.8, 4) is 0 Å². The maximum Gasteiger partial charge on any atom is 0.267 e. The molecule has 0 radical (unpaired) electrons. The molecule has 0 bridgehead atoms. The highest BCUT2D eigenvalue weighted by Gasteiger charge is 2.28. The van der Waals surface area contributed by atoms with E-state index in [4.69, 9.17) is 5.10 Å². The Bertz CT molecular complexity index is 867. The topological polar surface area (TPSA) is 83.3 Å². The standard InChI is InChI=1S/C21H31N5O2S/c1-15-19(29-14-23-15)13-22-12-16-6-4-5-11-25(16)20-9-10-21(28)26(24-20)17-7-2-3-8-18(17)27/h9-10,14,16-18,22,27H,2-8,11-13H2,1H3. The predicted molar refractivity (Wildman–Crippen MR) is 116 cm³/mol. The molecule has 1 aliphatic heterocycles. The highest BCUT2D eigenvalue weighted by molar-refractivity contribution is 7.09. The molecule has 2 aromatic rings. The van der Waals surface area contributed by atoms with Gasteiger partial charge in [0.1, 0.15) is 5.82 Å². The van der Waals surface area contributed by atoms with E-state index in [0.717, 1.165) is 69.7 Å². The fourth-order valence-electron chi connectivity index (χ4n) is 4.55. The Kier molecular flexibility index (Phi) is 6.62. The molecule has 2 N–H and O–H groups in total. The number of hydrogen-bond donors (Lipinski definition) is 2. The van der Waals surface area contributed by atoms with Gasteiger partial charge in [0, 0.05) is 36.6 Å². The van der Waals surface area contributed by atoms with E-state index in [9.17, 15) is 9.90 Å². The van der Waals surface area contributed by atoms with Gasteiger partial charge in [-0.2, -0.15) is 5.10 Å². The number of anilines is 1. The second-order valence-electron chi connectivity index (χ2n) is 8.23. The summed E-state index contributed by atoms with van der Waals surface area (Å²) in [5.41, 5.74) is 2.88. The molecule has 158 valence electrons. The van der Waals surface area contributed by atoms with Crippen LogP contribution in [0.2, 0.25) is 0 Å². The molecule has 2 aromatic heterocycles. The number of piperidine rings is 1. The zero-order valence-corrected chi connectivity index (χ0v) is 17.9. The van der Waals surface area contributed by atoms with E-state index in [-0.39, 0.29) is 11.6 Å². The van der Waals surface area contributed by atoms with Crippen LogP contribution in [0.1, 0.15) is 61.6 Å². The maximum atomic E-state index is 12.5. The van der Waals surface area contributed by atoms with Gasteiger partial charge in [-0.15, -0.1) is 11.3 Å². The van der Waals surface area contributed by atoms with Gasteiger partial charge in [0.15, 0.2) is 0 Å². The van der Waals surface area contributed by atoms with Gasteiger partial charge >= 0.3 is 0 Å². The first-order valence-electron chi connectivity index (χ1n) is 10.8. The van der Waals surface area contributed by atoms with E-state index >= 15 is 0 Å². The molecular formula is C21H31N5O2S. The normalized spacial score (nSPS) is 25.3. The third-order valence-corrected chi connectivity index (χ3v) is 7.19. The van der Waals surface area contributed by atoms with Gasteiger partial charge in [-0.3, -0.25) is 4.79 Å². The highest BCUT2D eigenvalue weighted by Crippen LogP contribution is 2.28. The molecule has 3 heterocycles. The Morgan fingerprint density at radius 2 is 2.03 bits per heavy atom. The van der Waals surface area contributed by atoms with E-state index in [1.54, 1.807) is 22.1 Å². The van der Waals surface area contributed by atoms with Crippen LogP contribution in [0.4, 0.5) is 5.82 Å². The minimum absolute atomic E-state index is 0.118. The van der Waals surface area contributed by atoms with Crippen LogP contribution in [0.5, 0.6) is 0 Å². The predicted octanol–water partition coefficient (Wildman–Crippen LogP) is 2.63. The quantitative estimate of drug-likeness (QED) is 0.752. The van der Waals surface area contributed by atoms with Crippen molar-refractivity contribution in [1.82, 2.24) is 20.1 Å². The molecule has 8 heteroatoms. The summed E-state index contributed by atoms with van der Waals surface area (Å²) in [5.74, 6) is 0.850. The number of nitrogens with one attached hydrogen (secondary N) is 1. The molecule has 0 aromatic carbocycles. The van der Waals surface area contributed by atoms with Crippen LogP contribution in [0, 0.1) is 6.92 Å². The lowest BCUT2D eigenvalue weighted by Gasteiger charge is -2.37. The molecule has 4 rings (SSSR count). The van der Waals surface area contributed by atoms with E-state index in [1.807, 2.05) is 18.5 Å². The van der Waals surface area contributed by atoms with Crippen LogP contribution in [0.3, 0.4) is 0 Å². The number of aliphatic hydroxyl groups excluding tert-OH is 1. The lowest BCUT2D eigenvalue weighted by atomic mass is 9.93. The summed E-state index contributed by atoms with van der Waals surface area (Å²) in [4.78, 5) is 20.4. The number of aromatic nitrogens is 3. The zero-order valence-electron chi connectivity index (χ0n) is 17.1. The first kappa shape index (κ1) is 20.5. The summed E-state index contributed by atoms with van der Waals surface area (Å²) in [7, 11) is 0. The van der Waals surface area contributed by atoms with Gasteiger partial charge in [-0.1, -0.05) is 12.8 Å². The Labute approximate surface area is 175 Å². The number of rotatable bonds is 6. The maximum absolute atomic E-state index is 12.5. The first-order chi connectivity index (χ1) is 14.1. The number of hydrogen-bond acceptors (Lipinski definition) is 7. The molecule has 3 atom stereocenters. The largest absolute Gasteiger partial charge is 0.391 e. The Morgan fingerprint density at radius 1 is 1.21 bits per heavy atom. The Hall–Kier alpha value is -1.77. The summed E-state index contributed by atoms with van der Waals surface area (Å²) < 4.78 is 1.54. The second-order valence-corrected chi connectivity index (χ2v) is 9.17. The third kappa shape index (κ3) is 4.70. The summed E-state index contributed by atoms with van der Waals surface area (Å²) >= 11 is 1.69. The van der Waals surface area contributed by atoms with Crippen molar-refractivity contribution in [3.63, 3.8) is 0 Å². The average molecular weight is 418 g/mol. The Balaban J connectivity index is 1.48.